The maximum absolute atomic E-state index is 12.5. The van der Waals surface area contributed by atoms with Crippen LogP contribution in [0.1, 0.15) is 5.56 Å². The summed E-state index contributed by atoms with van der Waals surface area (Å²) < 4.78 is 1.69. The molecule has 0 saturated heterocycles. The molecule has 92 valence electrons. The molecule has 0 atom stereocenters. The summed E-state index contributed by atoms with van der Waals surface area (Å²) in [6, 6.07) is 15.4. The lowest BCUT2D eigenvalue weighted by molar-refractivity contribution is 0.746. The van der Waals surface area contributed by atoms with Crippen LogP contribution in [0, 0.1) is 0 Å². The fraction of sp³-hybridized carbons (Fsp3) is 0.0667. The molecule has 4 rings (SSSR count). The molecule has 0 unspecified atom stereocenters. The second kappa shape index (κ2) is 3.68. The Bertz CT molecular complexity index is 851. The minimum Gasteiger partial charge on any atom is -0.325 e. The summed E-state index contributed by atoms with van der Waals surface area (Å²) in [5.41, 5.74) is 2.85. The monoisotopic (exact) mass is 249 g/mol. The van der Waals surface area contributed by atoms with Crippen molar-refractivity contribution in [3.05, 3.63) is 64.4 Å². The Morgan fingerprint density at radius 1 is 1.05 bits per heavy atom. The third-order valence-electron chi connectivity index (χ3n) is 3.45. The summed E-state index contributed by atoms with van der Waals surface area (Å²) in [5, 5.41) is 3.88. The molecule has 4 nitrogen and oxygen atoms in total. The number of rotatable bonds is 0. The summed E-state index contributed by atoms with van der Waals surface area (Å²) in [4.78, 5) is 17.0. The molecule has 0 saturated carbocycles. The van der Waals surface area contributed by atoms with Crippen molar-refractivity contribution in [2.45, 2.75) is 6.54 Å². The zero-order chi connectivity index (χ0) is 12.8. The minimum atomic E-state index is 0.00241. The number of nitrogens with zero attached hydrogens (tertiary/aromatic N) is 2. The fourth-order valence-electron chi connectivity index (χ4n) is 2.48. The van der Waals surface area contributed by atoms with E-state index >= 15 is 0 Å². The van der Waals surface area contributed by atoms with Crippen LogP contribution in [-0.2, 0) is 6.54 Å². The first-order valence-electron chi connectivity index (χ1n) is 6.17. The molecule has 4 heteroatoms. The van der Waals surface area contributed by atoms with Gasteiger partial charge in [0, 0.05) is 5.69 Å². The van der Waals surface area contributed by atoms with Gasteiger partial charge in [0.15, 0.2) is 0 Å². The van der Waals surface area contributed by atoms with Gasteiger partial charge in [-0.05, 0) is 23.8 Å². The Labute approximate surface area is 109 Å². The first-order chi connectivity index (χ1) is 9.33. The molecule has 19 heavy (non-hydrogen) atoms. The number of nitrogens with one attached hydrogen (secondary N) is 1. The molecular formula is C15H11N3O. The summed E-state index contributed by atoms with van der Waals surface area (Å²) in [6.45, 7) is 0.565. The Kier molecular flexibility index (Phi) is 2.00. The predicted octanol–water partition coefficient (Wildman–Crippen LogP) is 2.50. The number of para-hydroxylation sites is 2. The number of fused-ring (bicyclic) bond motifs is 3. The number of benzene rings is 2. The Morgan fingerprint density at radius 3 is 2.79 bits per heavy atom. The van der Waals surface area contributed by atoms with E-state index in [0.717, 1.165) is 16.8 Å². The molecule has 2 heterocycles. The number of aromatic nitrogens is 2. The zero-order valence-electron chi connectivity index (χ0n) is 10.1. The van der Waals surface area contributed by atoms with Crippen molar-refractivity contribution in [3.8, 4) is 0 Å². The van der Waals surface area contributed by atoms with Crippen LogP contribution in [0.2, 0.25) is 0 Å². The van der Waals surface area contributed by atoms with Crippen LogP contribution >= 0.6 is 0 Å². The Hall–Kier alpha value is -2.62. The summed E-state index contributed by atoms with van der Waals surface area (Å²) >= 11 is 0. The minimum absolute atomic E-state index is 0.00241. The Balaban J connectivity index is 2.01. The van der Waals surface area contributed by atoms with E-state index in [1.54, 1.807) is 4.57 Å². The normalized spacial score (nSPS) is 12.6. The van der Waals surface area contributed by atoms with Crippen molar-refractivity contribution in [1.29, 1.82) is 0 Å². The molecule has 0 bridgehead atoms. The van der Waals surface area contributed by atoms with E-state index < -0.39 is 0 Å². The lowest BCUT2D eigenvalue weighted by Crippen LogP contribution is -2.28. The van der Waals surface area contributed by atoms with E-state index in [4.69, 9.17) is 0 Å². The van der Waals surface area contributed by atoms with Gasteiger partial charge in [-0.1, -0.05) is 30.3 Å². The van der Waals surface area contributed by atoms with Gasteiger partial charge in [-0.25, -0.2) is 4.98 Å². The average molecular weight is 249 g/mol. The highest BCUT2D eigenvalue weighted by Gasteiger charge is 2.17. The maximum atomic E-state index is 12.5. The van der Waals surface area contributed by atoms with Crippen LogP contribution in [0.25, 0.3) is 10.9 Å². The van der Waals surface area contributed by atoms with Gasteiger partial charge in [0.05, 0.1) is 17.4 Å². The second-order valence-corrected chi connectivity index (χ2v) is 4.63. The molecule has 3 aromatic rings. The summed E-state index contributed by atoms with van der Waals surface area (Å²) in [7, 11) is 0. The van der Waals surface area contributed by atoms with Crippen molar-refractivity contribution >= 4 is 22.5 Å². The lowest BCUT2D eigenvalue weighted by Gasteiger charge is -2.22. The third-order valence-corrected chi connectivity index (χ3v) is 3.45. The standard InChI is InChI=1S/C15H11N3O/c19-14-11-6-2-4-8-13(11)17-15-16-12-7-3-1-5-10(12)9-18(14)15/h1-8H,9H2,(H,16,17). The SMILES string of the molecule is O=c1c2ccccc2nc2n1Cc1ccccc1N2. The highest BCUT2D eigenvalue weighted by atomic mass is 16.1. The van der Waals surface area contributed by atoms with Gasteiger partial charge in [-0.15, -0.1) is 0 Å². The highest BCUT2D eigenvalue weighted by Crippen LogP contribution is 2.26. The van der Waals surface area contributed by atoms with E-state index in [2.05, 4.69) is 10.3 Å². The number of hydrogen-bond acceptors (Lipinski definition) is 3. The van der Waals surface area contributed by atoms with Gasteiger partial charge in [0.25, 0.3) is 5.56 Å². The van der Waals surface area contributed by atoms with Crippen LogP contribution in [0.3, 0.4) is 0 Å². The number of hydrogen-bond donors (Lipinski definition) is 1. The van der Waals surface area contributed by atoms with Gasteiger partial charge in [0.2, 0.25) is 5.95 Å². The molecule has 1 aliphatic rings. The van der Waals surface area contributed by atoms with E-state index in [9.17, 15) is 4.79 Å². The van der Waals surface area contributed by atoms with Gasteiger partial charge in [-0.3, -0.25) is 9.36 Å². The van der Waals surface area contributed by atoms with Crippen LogP contribution in [0.5, 0.6) is 0 Å². The van der Waals surface area contributed by atoms with E-state index in [-0.39, 0.29) is 5.56 Å². The quantitative estimate of drug-likeness (QED) is 0.521. The van der Waals surface area contributed by atoms with Crippen LogP contribution in [0.4, 0.5) is 11.6 Å². The zero-order valence-corrected chi connectivity index (χ0v) is 10.1. The summed E-state index contributed by atoms with van der Waals surface area (Å²) in [5.74, 6) is 0.613. The molecule has 0 radical (unpaired) electrons. The van der Waals surface area contributed by atoms with Crippen molar-refractivity contribution in [2.24, 2.45) is 0 Å². The molecule has 1 aromatic heterocycles. The van der Waals surface area contributed by atoms with Crippen molar-refractivity contribution in [2.75, 3.05) is 5.32 Å². The maximum Gasteiger partial charge on any atom is 0.263 e. The van der Waals surface area contributed by atoms with Crippen LogP contribution in [-0.4, -0.2) is 9.55 Å². The first kappa shape index (κ1) is 10.3. The average Bonchev–Trinajstić information content (AvgIpc) is 2.46. The first-order valence-corrected chi connectivity index (χ1v) is 6.17. The topological polar surface area (TPSA) is 46.9 Å². The van der Waals surface area contributed by atoms with E-state index in [1.807, 2.05) is 48.5 Å². The lowest BCUT2D eigenvalue weighted by atomic mass is 10.1. The van der Waals surface area contributed by atoms with Crippen LogP contribution in [0.15, 0.2) is 53.3 Å². The van der Waals surface area contributed by atoms with Gasteiger partial charge < -0.3 is 5.32 Å². The number of anilines is 2. The van der Waals surface area contributed by atoms with E-state index in [1.165, 1.54) is 0 Å². The highest BCUT2D eigenvalue weighted by molar-refractivity contribution is 5.79. The molecule has 0 aliphatic carbocycles. The largest absolute Gasteiger partial charge is 0.325 e. The molecular weight excluding hydrogens is 238 g/mol. The molecule has 2 aromatic carbocycles. The molecule has 1 N–H and O–H groups in total. The second-order valence-electron chi connectivity index (χ2n) is 4.63. The van der Waals surface area contributed by atoms with Gasteiger partial charge >= 0.3 is 0 Å². The molecule has 0 amide bonds. The third kappa shape index (κ3) is 1.46. The van der Waals surface area contributed by atoms with Crippen molar-refractivity contribution in [1.82, 2.24) is 9.55 Å². The van der Waals surface area contributed by atoms with Crippen molar-refractivity contribution < 1.29 is 0 Å². The van der Waals surface area contributed by atoms with Crippen molar-refractivity contribution in [3.63, 3.8) is 0 Å². The fourth-order valence-corrected chi connectivity index (χ4v) is 2.48. The van der Waals surface area contributed by atoms with Gasteiger partial charge in [0.1, 0.15) is 0 Å². The summed E-state index contributed by atoms with van der Waals surface area (Å²) in [6.07, 6.45) is 0. The van der Waals surface area contributed by atoms with E-state index in [0.29, 0.717) is 17.9 Å². The predicted molar refractivity (Wildman–Crippen MR) is 74.8 cm³/mol. The smallest absolute Gasteiger partial charge is 0.263 e. The molecule has 0 spiro atoms. The van der Waals surface area contributed by atoms with Gasteiger partial charge in [-0.2, -0.15) is 0 Å². The molecule has 1 aliphatic heterocycles. The Morgan fingerprint density at radius 2 is 1.84 bits per heavy atom. The van der Waals surface area contributed by atoms with Crippen LogP contribution < -0.4 is 10.9 Å². The molecule has 0 fully saturated rings.